The highest BCUT2D eigenvalue weighted by atomic mass is 16.5. The van der Waals surface area contributed by atoms with E-state index in [1.54, 1.807) is 7.11 Å². The largest absolute Gasteiger partial charge is 0.495 e. The summed E-state index contributed by atoms with van der Waals surface area (Å²) in [4.78, 5) is 0. The molecule has 4 nitrogen and oxygen atoms in total. The van der Waals surface area contributed by atoms with Crippen LogP contribution in [0.3, 0.4) is 0 Å². The van der Waals surface area contributed by atoms with Gasteiger partial charge in [0.05, 0.1) is 18.5 Å². The second kappa shape index (κ2) is 4.13. The zero-order chi connectivity index (χ0) is 12.6. The average Bonchev–Trinajstić information content (AvgIpc) is 2.55. The third-order valence-corrected chi connectivity index (χ3v) is 3.03. The highest BCUT2D eigenvalue weighted by Gasteiger charge is 2.12. The van der Waals surface area contributed by atoms with Gasteiger partial charge >= 0.3 is 0 Å². The van der Waals surface area contributed by atoms with E-state index in [2.05, 4.69) is 12.0 Å². The fraction of sp³-hybridized carbons (Fsp3) is 0.308. The van der Waals surface area contributed by atoms with Crippen molar-refractivity contribution in [1.29, 1.82) is 0 Å². The Morgan fingerprint density at radius 3 is 2.53 bits per heavy atom. The number of methoxy groups -OCH3 is 1. The van der Waals surface area contributed by atoms with Crippen LogP contribution in [0.4, 0.5) is 5.69 Å². The van der Waals surface area contributed by atoms with Crippen molar-refractivity contribution in [2.45, 2.75) is 13.8 Å². The summed E-state index contributed by atoms with van der Waals surface area (Å²) >= 11 is 0. The Labute approximate surface area is 101 Å². The lowest BCUT2D eigenvalue weighted by molar-refractivity contribution is 0.417. The van der Waals surface area contributed by atoms with Crippen molar-refractivity contribution in [3.8, 4) is 16.9 Å². The number of nitrogen functional groups attached to an aromatic ring is 1. The molecule has 0 bridgehead atoms. The first-order valence-electron chi connectivity index (χ1n) is 5.48. The molecule has 0 aliphatic heterocycles. The van der Waals surface area contributed by atoms with Crippen LogP contribution in [0.15, 0.2) is 18.2 Å². The van der Waals surface area contributed by atoms with Crippen molar-refractivity contribution < 1.29 is 4.74 Å². The van der Waals surface area contributed by atoms with E-state index >= 15 is 0 Å². The van der Waals surface area contributed by atoms with E-state index in [4.69, 9.17) is 10.5 Å². The number of anilines is 1. The molecule has 0 saturated heterocycles. The van der Waals surface area contributed by atoms with Crippen LogP contribution in [0.2, 0.25) is 0 Å². The van der Waals surface area contributed by atoms with Gasteiger partial charge in [0.25, 0.3) is 0 Å². The van der Waals surface area contributed by atoms with Crippen LogP contribution < -0.4 is 10.5 Å². The summed E-state index contributed by atoms with van der Waals surface area (Å²) in [7, 11) is 3.57. The number of benzene rings is 1. The molecule has 0 fully saturated rings. The topological polar surface area (TPSA) is 53.1 Å². The van der Waals surface area contributed by atoms with E-state index in [1.807, 2.05) is 36.9 Å². The molecule has 1 heterocycles. The fourth-order valence-electron chi connectivity index (χ4n) is 2.06. The predicted molar refractivity (Wildman–Crippen MR) is 69.1 cm³/mol. The predicted octanol–water partition coefficient (Wildman–Crippen LogP) is 2.29. The zero-order valence-corrected chi connectivity index (χ0v) is 10.6. The first kappa shape index (κ1) is 11.5. The van der Waals surface area contributed by atoms with Gasteiger partial charge in [-0.05, 0) is 31.5 Å². The Morgan fingerprint density at radius 1 is 1.29 bits per heavy atom. The minimum Gasteiger partial charge on any atom is -0.495 e. The normalized spacial score (nSPS) is 10.6. The number of hydrogen-bond donors (Lipinski definition) is 1. The summed E-state index contributed by atoms with van der Waals surface area (Å²) in [6, 6.07) is 5.81. The molecule has 1 aromatic heterocycles. The number of aryl methyl sites for hydroxylation is 2. The number of nitrogens with zero attached hydrogens (tertiary/aromatic N) is 2. The SMILES string of the molecule is COc1cc(-c2c(C)nn(C)c2C)ccc1N. The molecule has 1 aromatic carbocycles. The third-order valence-electron chi connectivity index (χ3n) is 3.03. The molecular formula is C13H17N3O. The molecule has 17 heavy (non-hydrogen) atoms. The smallest absolute Gasteiger partial charge is 0.142 e. The molecule has 0 unspecified atom stereocenters. The first-order valence-corrected chi connectivity index (χ1v) is 5.48. The lowest BCUT2D eigenvalue weighted by Crippen LogP contribution is -1.94. The van der Waals surface area contributed by atoms with E-state index in [9.17, 15) is 0 Å². The van der Waals surface area contributed by atoms with Crippen molar-refractivity contribution in [1.82, 2.24) is 9.78 Å². The summed E-state index contributed by atoms with van der Waals surface area (Å²) in [5.41, 5.74) is 10.8. The monoisotopic (exact) mass is 231 g/mol. The van der Waals surface area contributed by atoms with Gasteiger partial charge in [0.2, 0.25) is 0 Å². The molecular weight excluding hydrogens is 214 g/mol. The summed E-state index contributed by atoms with van der Waals surface area (Å²) < 4.78 is 7.12. The van der Waals surface area contributed by atoms with Crippen LogP contribution in [-0.4, -0.2) is 16.9 Å². The maximum atomic E-state index is 5.81. The van der Waals surface area contributed by atoms with E-state index < -0.39 is 0 Å². The van der Waals surface area contributed by atoms with Gasteiger partial charge in [0.15, 0.2) is 0 Å². The summed E-state index contributed by atoms with van der Waals surface area (Å²) in [5.74, 6) is 0.699. The Kier molecular flexibility index (Phi) is 2.79. The van der Waals surface area contributed by atoms with Crippen molar-refractivity contribution in [3.63, 3.8) is 0 Å². The van der Waals surface area contributed by atoms with Crippen molar-refractivity contribution in [2.75, 3.05) is 12.8 Å². The number of aromatic nitrogens is 2. The van der Waals surface area contributed by atoms with Gasteiger partial charge in [-0.25, -0.2) is 0 Å². The van der Waals surface area contributed by atoms with Gasteiger partial charge in [0, 0.05) is 18.3 Å². The maximum absolute atomic E-state index is 5.81. The third kappa shape index (κ3) is 1.86. The summed E-state index contributed by atoms with van der Waals surface area (Å²) in [6.45, 7) is 4.06. The van der Waals surface area contributed by atoms with Gasteiger partial charge < -0.3 is 10.5 Å². The van der Waals surface area contributed by atoms with E-state index in [0.717, 1.165) is 22.5 Å². The van der Waals surface area contributed by atoms with E-state index in [0.29, 0.717) is 11.4 Å². The molecule has 0 saturated carbocycles. The highest BCUT2D eigenvalue weighted by molar-refractivity contribution is 5.73. The fourth-order valence-corrected chi connectivity index (χ4v) is 2.06. The molecule has 0 aliphatic rings. The summed E-state index contributed by atoms with van der Waals surface area (Å²) in [5, 5.41) is 4.41. The maximum Gasteiger partial charge on any atom is 0.142 e. The first-order chi connectivity index (χ1) is 8.04. The Balaban J connectivity index is 2.60. The highest BCUT2D eigenvalue weighted by Crippen LogP contribution is 2.32. The molecule has 2 N–H and O–H groups in total. The Morgan fingerprint density at radius 2 is 2.00 bits per heavy atom. The number of rotatable bonds is 2. The second-order valence-electron chi connectivity index (χ2n) is 4.13. The molecule has 2 rings (SSSR count). The van der Waals surface area contributed by atoms with Crippen LogP contribution in [-0.2, 0) is 7.05 Å². The molecule has 0 amide bonds. The van der Waals surface area contributed by atoms with Gasteiger partial charge in [-0.15, -0.1) is 0 Å². The molecule has 0 atom stereocenters. The van der Waals surface area contributed by atoms with Crippen LogP contribution in [0.1, 0.15) is 11.4 Å². The van der Waals surface area contributed by atoms with Gasteiger partial charge in [0.1, 0.15) is 5.75 Å². The van der Waals surface area contributed by atoms with Crippen molar-refractivity contribution in [2.24, 2.45) is 7.05 Å². The Bertz CT molecular complexity index is 558. The van der Waals surface area contributed by atoms with Crippen LogP contribution >= 0.6 is 0 Å². The lowest BCUT2D eigenvalue weighted by Gasteiger charge is -2.08. The van der Waals surface area contributed by atoms with Gasteiger partial charge in [-0.1, -0.05) is 6.07 Å². The second-order valence-corrected chi connectivity index (χ2v) is 4.13. The van der Waals surface area contributed by atoms with Crippen molar-refractivity contribution >= 4 is 5.69 Å². The van der Waals surface area contributed by atoms with Gasteiger partial charge in [-0.3, -0.25) is 4.68 Å². The Hall–Kier alpha value is -1.97. The lowest BCUT2D eigenvalue weighted by atomic mass is 10.0. The van der Waals surface area contributed by atoms with Crippen LogP contribution in [0.5, 0.6) is 5.75 Å². The van der Waals surface area contributed by atoms with E-state index in [-0.39, 0.29) is 0 Å². The minimum absolute atomic E-state index is 0.649. The number of nitrogens with two attached hydrogens (primary N) is 1. The molecule has 0 radical (unpaired) electrons. The molecule has 0 spiro atoms. The van der Waals surface area contributed by atoms with E-state index in [1.165, 1.54) is 0 Å². The average molecular weight is 231 g/mol. The summed E-state index contributed by atoms with van der Waals surface area (Å²) in [6.07, 6.45) is 0. The number of ether oxygens (including phenoxy) is 1. The van der Waals surface area contributed by atoms with Crippen LogP contribution in [0.25, 0.3) is 11.1 Å². The molecule has 2 aromatic rings. The zero-order valence-electron chi connectivity index (χ0n) is 10.6. The molecule has 0 aliphatic carbocycles. The number of hydrogen-bond acceptors (Lipinski definition) is 3. The quantitative estimate of drug-likeness (QED) is 0.807. The molecule has 4 heteroatoms. The standard InChI is InChI=1S/C13H17N3O/c1-8-13(9(2)16(3)15-8)10-5-6-11(14)12(7-10)17-4/h5-7H,14H2,1-4H3. The minimum atomic E-state index is 0.649. The van der Waals surface area contributed by atoms with Gasteiger partial charge in [-0.2, -0.15) is 5.10 Å². The van der Waals surface area contributed by atoms with Crippen LogP contribution in [0, 0.1) is 13.8 Å². The molecule has 90 valence electrons. The van der Waals surface area contributed by atoms with Crippen molar-refractivity contribution in [3.05, 3.63) is 29.6 Å².